The Balaban J connectivity index is 2.40. The van der Waals surface area contributed by atoms with Gasteiger partial charge in [-0.2, -0.15) is 0 Å². The highest BCUT2D eigenvalue weighted by atomic mass is 15.1. The van der Waals surface area contributed by atoms with E-state index < -0.39 is 0 Å². The number of rotatable bonds is 3. The van der Waals surface area contributed by atoms with Crippen LogP contribution in [0, 0.1) is 12.8 Å². The third kappa shape index (κ3) is 1.87. The number of hydrogen-bond acceptors (Lipinski definition) is 3. The van der Waals surface area contributed by atoms with Crippen molar-refractivity contribution in [2.45, 2.75) is 33.7 Å². The van der Waals surface area contributed by atoms with Crippen LogP contribution in [0.2, 0.25) is 0 Å². The number of anilines is 1. The number of nitrogens with one attached hydrogen (secondary N) is 2. The van der Waals surface area contributed by atoms with E-state index in [2.05, 4.69) is 48.0 Å². The maximum Gasteiger partial charge on any atom is 0.143 e. The predicted octanol–water partition coefficient (Wildman–Crippen LogP) is 2.72. The molecule has 0 saturated carbocycles. The maximum absolute atomic E-state index is 4.32. The molecule has 2 rings (SSSR count). The van der Waals surface area contributed by atoms with Gasteiger partial charge >= 0.3 is 0 Å². The van der Waals surface area contributed by atoms with Crippen LogP contribution < -0.4 is 5.32 Å². The van der Waals surface area contributed by atoms with Crippen molar-refractivity contribution in [3.63, 3.8) is 0 Å². The molecular formula is C12H18N4. The van der Waals surface area contributed by atoms with Gasteiger partial charge in [0.25, 0.3) is 0 Å². The summed E-state index contributed by atoms with van der Waals surface area (Å²) < 4.78 is 0. The molecular weight excluding hydrogens is 200 g/mol. The standard InChI is InChI=1S/C12H18N4/c1-7(2)9(4)16-12-10-8(3)5-13-11(10)14-6-15-12/h5-7,9H,1-4H3,(H2,13,14,15,16). The van der Waals surface area contributed by atoms with E-state index in [-0.39, 0.29) is 0 Å². The van der Waals surface area contributed by atoms with Crippen LogP contribution in [0.15, 0.2) is 12.5 Å². The molecule has 86 valence electrons. The maximum atomic E-state index is 4.32. The average molecular weight is 218 g/mol. The summed E-state index contributed by atoms with van der Waals surface area (Å²) in [4.78, 5) is 11.7. The van der Waals surface area contributed by atoms with Crippen molar-refractivity contribution in [1.82, 2.24) is 15.0 Å². The molecule has 2 aromatic heterocycles. The summed E-state index contributed by atoms with van der Waals surface area (Å²) in [5, 5.41) is 4.53. The molecule has 0 aliphatic carbocycles. The molecule has 0 aliphatic rings. The van der Waals surface area contributed by atoms with Gasteiger partial charge in [-0.25, -0.2) is 9.97 Å². The van der Waals surface area contributed by atoms with Crippen molar-refractivity contribution in [2.75, 3.05) is 5.32 Å². The minimum Gasteiger partial charge on any atom is -0.367 e. The Morgan fingerprint density at radius 3 is 2.69 bits per heavy atom. The third-order valence-electron chi connectivity index (χ3n) is 3.03. The van der Waals surface area contributed by atoms with E-state index in [9.17, 15) is 0 Å². The number of H-pyrrole nitrogens is 1. The predicted molar refractivity (Wildman–Crippen MR) is 66.5 cm³/mol. The summed E-state index contributed by atoms with van der Waals surface area (Å²) in [5.74, 6) is 1.49. The zero-order valence-corrected chi connectivity index (χ0v) is 10.2. The average Bonchev–Trinajstić information content (AvgIpc) is 2.61. The number of nitrogens with zero attached hydrogens (tertiary/aromatic N) is 2. The van der Waals surface area contributed by atoms with E-state index >= 15 is 0 Å². The van der Waals surface area contributed by atoms with Gasteiger partial charge in [-0.05, 0) is 25.3 Å². The number of aromatic amines is 1. The van der Waals surface area contributed by atoms with Crippen LogP contribution >= 0.6 is 0 Å². The van der Waals surface area contributed by atoms with E-state index in [0.29, 0.717) is 12.0 Å². The summed E-state index contributed by atoms with van der Waals surface area (Å²) in [6.07, 6.45) is 3.55. The summed E-state index contributed by atoms with van der Waals surface area (Å²) >= 11 is 0. The zero-order valence-electron chi connectivity index (χ0n) is 10.2. The van der Waals surface area contributed by atoms with Crippen molar-refractivity contribution in [1.29, 1.82) is 0 Å². The van der Waals surface area contributed by atoms with E-state index in [1.54, 1.807) is 6.33 Å². The Hall–Kier alpha value is -1.58. The molecule has 0 radical (unpaired) electrons. The van der Waals surface area contributed by atoms with E-state index in [1.165, 1.54) is 5.56 Å². The molecule has 2 N–H and O–H groups in total. The lowest BCUT2D eigenvalue weighted by atomic mass is 10.1. The minimum absolute atomic E-state index is 0.396. The zero-order chi connectivity index (χ0) is 11.7. The van der Waals surface area contributed by atoms with Crippen LogP contribution in [0.25, 0.3) is 11.0 Å². The molecule has 0 aliphatic heterocycles. The third-order valence-corrected chi connectivity index (χ3v) is 3.03. The molecule has 4 nitrogen and oxygen atoms in total. The quantitative estimate of drug-likeness (QED) is 0.832. The van der Waals surface area contributed by atoms with Crippen LogP contribution in [0.3, 0.4) is 0 Å². The Morgan fingerprint density at radius 2 is 2.00 bits per heavy atom. The minimum atomic E-state index is 0.396. The Kier molecular flexibility index (Phi) is 2.81. The number of fused-ring (bicyclic) bond motifs is 1. The van der Waals surface area contributed by atoms with E-state index in [4.69, 9.17) is 0 Å². The van der Waals surface area contributed by atoms with Gasteiger partial charge in [0.2, 0.25) is 0 Å². The fraction of sp³-hybridized carbons (Fsp3) is 0.500. The first-order valence-corrected chi connectivity index (χ1v) is 5.65. The highest BCUT2D eigenvalue weighted by Gasteiger charge is 2.12. The SMILES string of the molecule is Cc1c[nH]c2ncnc(NC(C)C(C)C)c12. The molecule has 0 fully saturated rings. The molecule has 4 heteroatoms. The Morgan fingerprint density at radius 1 is 1.25 bits per heavy atom. The second-order valence-corrected chi connectivity index (χ2v) is 4.59. The van der Waals surface area contributed by atoms with Crippen molar-refractivity contribution >= 4 is 16.9 Å². The van der Waals surface area contributed by atoms with Crippen LogP contribution in [0.4, 0.5) is 5.82 Å². The van der Waals surface area contributed by atoms with Gasteiger partial charge in [0.15, 0.2) is 0 Å². The Labute approximate surface area is 95.5 Å². The summed E-state index contributed by atoms with van der Waals surface area (Å²) in [6, 6.07) is 0.396. The smallest absolute Gasteiger partial charge is 0.143 e. The molecule has 16 heavy (non-hydrogen) atoms. The second kappa shape index (κ2) is 4.12. The molecule has 0 amide bonds. The van der Waals surface area contributed by atoms with E-state index in [1.807, 2.05) is 6.20 Å². The van der Waals surface area contributed by atoms with Crippen molar-refractivity contribution < 1.29 is 0 Å². The monoisotopic (exact) mass is 218 g/mol. The number of aryl methyl sites for hydroxylation is 1. The summed E-state index contributed by atoms with van der Waals surface area (Å²) in [7, 11) is 0. The van der Waals surface area contributed by atoms with Crippen molar-refractivity contribution in [2.24, 2.45) is 5.92 Å². The Bertz CT molecular complexity index is 487. The van der Waals surface area contributed by atoms with Crippen LogP contribution in [0.5, 0.6) is 0 Å². The summed E-state index contributed by atoms with van der Waals surface area (Å²) in [6.45, 7) is 8.62. The van der Waals surface area contributed by atoms with Gasteiger partial charge in [-0.1, -0.05) is 13.8 Å². The van der Waals surface area contributed by atoms with E-state index in [0.717, 1.165) is 16.9 Å². The fourth-order valence-corrected chi connectivity index (χ4v) is 1.61. The lowest BCUT2D eigenvalue weighted by molar-refractivity contribution is 0.559. The van der Waals surface area contributed by atoms with Crippen molar-refractivity contribution in [3.05, 3.63) is 18.1 Å². The van der Waals surface area contributed by atoms with Crippen LogP contribution in [-0.2, 0) is 0 Å². The lowest BCUT2D eigenvalue weighted by Crippen LogP contribution is -2.22. The van der Waals surface area contributed by atoms with Crippen LogP contribution in [-0.4, -0.2) is 21.0 Å². The molecule has 0 bridgehead atoms. The molecule has 2 aromatic rings. The first-order valence-electron chi connectivity index (χ1n) is 5.65. The van der Waals surface area contributed by atoms with Gasteiger partial charge in [0.1, 0.15) is 17.8 Å². The first kappa shape index (κ1) is 10.9. The van der Waals surface area contributed by atoms with Gasteiger partial charge in [-0.3, -0.25) is 0 Å². The van der Waals surface area contributed by atoms with Gasteiger partial charge < -0.3 is 10.3 Å². The summed E-state index contributed by atoms with van der Waals surface area (Å²) in [5.41, 5.74) is 2.07. The topological polar surface area (TPSA) is 53.6 Å². The lowest BCUT2D eigenvalue weighted by Gasteiger charge is -2.18. The molecule has 0 saturated heterocycles. The first-order chi connectivity index (χ1) is 7.59. The largest absolute Gasteiger partial charge is 0.367 e. The van der Waals surface area contributed by atoms with Crippen LogP contribution in [0.1, 0.15) is 26.3 Å². The molecule has 1 atom stereocenters. The second-order valence-electron chi connectivity index (χ2n) is 4.59. The van der Waals surface area contributed by atoms with Gasteiger partial charge in [0, 0.05) is 12.2 Å². The fourth-order valence-electron chi connectivity index (χ4n) is 1.61. The van der Waals surface area contributed by atoms with Gasteiger partial charge in [0.05, 0.1) is 5.39 Å². The number of hydrogen-bond donors (Lipinski definition) is 2. The van der Waals surface area contributed by atoms with Crippen molar-refractivity contribution in [3.8, 4) is 0 Å². The number of aromatic nitrogens is 3. The highest BCUT2D eigenvalue weighted by Crippen LogP contribution is 2.23. The molecule has 2 heterocycles. The molecule has 0 aromatic carbocycles. The molecule has 0 spiro atoms. The normalized spacial score (nSPS) is 13.3. The highest BCUT2D eigenvalue weighted by molar-refractivity contribution is 5.90. The molecule has 1 unspecified atom stereocenters. The van der Waals surface area contributed by atoms with Gasteiger partial charge in [-0.15, -0.1) is 0 Å².